The highest BCUT2D eigenvalue weighted by Crippen LogP contribution is 2.40. The summed E-state index contributed by atoms with van der Waals surface area (Å²) in [5, 5.41) is 7.01. The second-order valence-electron chi connectivity index (χ2n) is 7.47. The molecule has 1 atom stereocenters. The number of benzene rings is 1. The van der Waals surface area contributed by atoms with Crippen molar-refractivity contribution in [2.45, 2.75) is 45.7 Å². The van der Waals surface area contributed by atoms with Crippen molar-refractivity contribution in [2.24, 2.45) is 0 Å². The second-order valence-corrected chi connectivity index (χ2v) is 8.25. The fraction of sp³-hybridized carbons (Fsp3) is 0.409. The van der Waals surface area contributed by atoms with Crippen molar-refractivity contribution in [3.8, 4) is 0 Å². The summed E-state index contributed by atoms with van der Waals surface area (Å²) >= 11 is 12.5. The molecule has 2 aromatic heterocycles. The molecular weight excluding hydrogens is 440 g/mol. The van der Waals surface area contributed by atoms with Gasteiger partial charge in [-0.15, -0.1) is 0 Å². The summed E-state index contributed by atoms with van der Waals surface area (Å²) in [5.74, 6) is -0.00253. The largest absolute Gasteiger partial charge is 0.359 e. The third-order valence-electron chi connectivity index (χ3n) is 5.23. The fourth-order valence-electron chi connectivity index (χ4n) is 3.74. The Morgan fingerprint density at radius 3 is 2.61 bits per heavy atom. The number of nitrogens with zero attached hydrogens (tertiary/aromatic N) is 3. The molecule has 1 saturated heterocycles. The summed E-state index contributed by atoms with van der Waals surface area (Å²) in [6.45, 7) is 8.91. The van der Waals surface area contributed by atoms with Crippen molar-refractivity contribution in [2.75, 3.05) is 18.4 Å². The Labute approximate surface area is 190 Å². The molecule has 31 heavy (non-hydrogen) atoms. The van der Waals surface area contributed by atoms with Gasteiger partial charge in [-0.1, -0.05) is 37.0 Å². The van der Waals surface area contributed by atoms with E-state index in [4.69, 9.17) is 23.2 Å². The van der Waals surface area contributed by atoms with Gasteiger partial charge >= 0.3 is 0 Å². The summed E-state index contributed by atoms with van der Waals surface area (Å²) < 4.78 is 16.3. The first kappa shape index (κ1) is 23.4. The van der Waals surface area contributed by atoms with Crippen LogP contribution in [0.4, 0.5) is 10.2 Å². The van der Waals surface area contributed by atoms with Gasteiger partial charge < -0.3 is 10.6 Å². The number of rotatable bonds is 4. The molecule has 1 fully saturated rings. The molecule has 0 amide bonds. The molecule has 2 N–H and O–H groups in total. The number of halogens is 3. The lowest BCUT2D eigenvalue weighted by Crippen LogP contribution is -2.39. The first-order valence-corrected chi connectivity index (χ1v) is 11.1. The standard InChI is InChI=1S/C20H20Cl2FN5O.C2H6/c1-11(2)28-10-25-14-5-6-15(26-18(14)19(28)29)27-20(7-8-24-9-20)16-13(23)4-3-12(21)17(16)22;1-2/h3-6,10-11,24H,7-9H2,1-2H3,(H,26,27);1-2H3. The molecular formula is C22H26Cl2FN5O. The van der Waals surface area contributed by atoms with Gasteiger partial charge in [0.15, 0.2) is 5.52 Å². The zero-order valence-electron chi connectivity index (χ0n) is 18.0. The smallest absolute Gasteiger partial charge is 0.280 e. The number of hydrogen-bond donors (Lipinski definition) is 2. The Bertz CT molecular complexity index is 1140. The molecule has 0 spiro atoms. The topological polar surface area (TPSA) is 71.8 Å². The minimum Gasteiger partial charge on any atom is -0.359 e. The summed E-state index contributed by atoms with van der Waals surface area (Å²) in [5.41, 5.74) is -0.0111. The van der Waals surface area contributed by atoms with Crippen LogP contribution in [0, 0.1) is 5.82 Å². The summed E-state index contributed by atoms with van der Waals surface area (Å²) in [6.07, 6.45) is 2.10. The van der Waals surface area contributed by atoms with Crippen LogP contribution in [0.3, 0.4) is 0 Å². The Balaban J connectivity index is 0.00000132. The van der Waals surface area contributed by atoms with Crippen LogP contribution in [0.5, 0.6) is 0 Å². The number of aromatic nitrogens is 3. The lowest BCUT2D eigenvalue weighted by molar-refractivity contribution is 0.494. The van der Waals surface area contributed by atoms with E-state index in [0.717, 1.165) is 0 Å². The van der Waals surface area contributed by atoms with E-state index >= 15 is 0 Å². The highest BCUT2D eigenvalue weighted by atomic mass is 35.5. The fourth-order valence-corrected chi connectivity index (χ4v) is 4.23. The van der Waals surface area contributed by atoms with Crippen LogP contribution < -0.4 is 16.2 Å². The van der Waals surface area contributed by atoms with Crippen LogP contribution in [0.15, 0.2) is 35.4 Å². The molecule has 0 radical (unpaired) electrons. The van der Waals surface area contributed by atoms with Gasteiger partial charge in [0.2, 0.25) is 0 Å². The van der Waals surface area contributed by atoms with Crippen molar-refractivity contribution < 1.29 is 4.39 Å². The highest BCUT2D eigenvalue weighted by Gasteiger charge is 2.40. The first-order chi connectivity index (χ1) is 14.8. The lowest BCUT2D eigenvalue weighted by atomic mass is 9.88. The molecule has 1 aliphatic heterocycles. The van der Waals surface area contributed by atoms with Crippen LogP contribution in [-0.2, 0) is 5.54 Å². The Morgan fingerprint density at radius 2 is 1.97 bits per heavy atom. The minimum absolute atomic E-state index is 0.0393. The van der Waals surface area contributed by atoms with Crippen molar-refractivity contribution in [1.82, 2.24) is 19.9 Å². The van der Waals surface area contributed by atoms with E-state index in [9.17, 15) is 9.18 Å². The Morgan fingerprint density at radius 1 is 1.23 bits per heavy atom. The van der Waals surface area contributed by atoms with Crippen LogP contribution in [0.25, 0.3) is 11.0 Å². The molecule has 1 aromatic carbocycles. The van der Waals surface area contributed by atoms with Crippen LogP contribution in [0.1, 0.15) is 45.7 Å². The zero-order chi connectivity index (χ0) is 22.8. The van der Waals surface area contributed by atoms with Crippen LogP contribution in [-0.4, -0.2) is 27.6 Å². The molecule has 0 aliphatic carbocycles. The molecule has 6 nitrogen and oxygen atoms in total. The maximum absolute atomic E-state index is 14.8. The number of anilines is 1. The van der Waals surface area contributed by atoms with Crippen LogP contribution >= 0.6 is 23.2 Å². The van der Waals surface area contributed by atoms with Gasteiger partial charge in [-0.3, -0.25) is 9.36 Å². The van der Waals surface area contributed by atoms with Gasteiger partial charge in [0.25, 0.3) is 5.56 Å². The molecule has 0 bridgehead atoms. The summed E-state index contributed by atoms with van der Waals surface area (Å²) in [4.78, 5) is 21.6. The highest BCUT2D eigenvalue weighted by molar-refractivity contribution is 6.42. The molecule has 3 heterocycles. The maximum atomic E-state index is 14.8. The third-order valence-corrected chi connectivity index (χ3v) is 6.04. The average Bonchev–Trinajstić information content (AvgIpc) is 3.22. The molecule has 3 aromatic rings. The lowest BCUT2D eigenvalue weighted by Gasteiger charge is -2.32. The van der Waals surface area contributed by atoms with E-state index in [1.54, 1.807) is 12.1 Å². The molecule has 9 heteroatoms. The third kappa shape index (κ3) is 4.40. The number of fused-ring (bicyclic) bond motifs is 1. The Hall–Kier alpha value is -2.22. The predicted molar refractivity (Wildman–Crippen MR) is 125 cm³/mol. The van der Waals surface area contributed by atoms with E-state index in [0.29, 0.717) is 36.4 Å². The number of hydrogen-bond acceptors (Lipinski definition) is 5. The monoisotopic (exact) mass is 465 g/mol. The van der Waals surface area contributed by atoms with E-state index in [1.807, 2.05) is 27.7 Å². The van der Waals surface area contributed by atoms with E-state index < -0.39 is 11.4 Å². The second kappa shape index (κ2) is 9.51. The van der Waals surface area contributed by atoms with E-state index in [1.165, 1.54) is 23.0 Å². The minimum atomic E-state index is -0.841. The van der Waals surface area contributed by atoms with Gasteiger partial charge in [0.1, 0.15) is 11.6 Å². The average molecular weight is 466 g/mol. The number of nitrogens with one attached hydrogen (secondary N) is 2. The van der Waals surface area contributed by atoms with Crippen LogP contribution in [0.2, 0.25) is 10.0 Å². The molecule has 1 unspecified atom stereocenters. The number of pyridine rings is 1. The molecule has 4 rings (SSSR count). The van der Waals surface area contributed by atoms with Gasteiger partial charge in [-0.2, -0.15) is 0 Å². The van der Waals surface area contributed by atoms with Crippen molar-refractivity contribution in [3.05, 3.63) is 62.4 Å². The quantitative estimate of drug-likeness (QED) is 0.521. The molecule has 166 valence electrons. The van der Waals surface area contributed by atoms with Crippen molar-refractivity contribution in [1.29, 1.82) is 0 Å². The van der Waals surface area contributed by atoms with E-state index in [2.05, 4.69) is 20.6 Å². The molecule has 1 aliphatic rings. The SMILES string of the molecule is CC.CC(C)n1cnc2ccc(NC3(c4c(F)ccc(Cl)c4Cl)CCNC3)nc2c1=O. The predicted octanol–water partition coefficient (Wildman–Crippen LogP) is 5.15. The Kier molecular flexibility index (Phi) is 7.19. The summed E-state index contributed by atoms with van der Waals surface area (Å²) in [6, 6.07) is 6.16. The summed E-state index contributed by atoms with van der Waals surface area (Å²) in [7, 11) is 0. The maximum Gasteiger partial charge on any atom is 0.280 e. The zero-order valence-corrected chi connectivity index (χ0v) is 19.5. The van der Waals surface area contributed by atoms with Gasteiger partial charge in [-0.25, -0.2) is 14.4 Å². The van der Waals surface area contributed by atoms with Crippen molar-refractivity contribution >= 4 is 40.1 Å². The van der Waals surface area contributed by atoms with Gasteiger partial charge in [0, 0.05) is 18.2 Å². The normalized spacial score (nSPS) is 18.2. The van der Waals surface area contributed by atoms with Gasteiger partial charge in [0.05, 0.1) is 27.4 Å². The van der Waals surface area contributed by atoms with Crippen molar-refractivity contribution in [3.63, 3.8) is 0 Å². The first-order valence-electron chi connectivity index (χ1n) is 10.3. The molecule has 0 saturated carbocycles. The van der Waals surface area contributed by atoms with E-state index in [-0.39, 0.29) is 27.2 Å². The van der Waals surface area contributed by atoms with Gasteiger partial charge in [-0.05, 0) is 51.1 Å².